The van der Waals surface area contributed by atoms with E-state index in [0.29, 0.717) is 43.6 Å². The molecule has 29 heavy (non-hydrogen) atoms. The first-order valence-corrected chi connectivity index (χ1v) is 10.7. The SMILES string of the molecule is NC1CCCN(c2nccc(Nc3cc(Br)cc(C(=O)N4CCOCC4)c3)n2)C1. The number of ether oxygens (including phenoxy) is 1. The highest BCUT2D eigenvalue weighted by Gasteiger charge is 2.21. The molecule has 2 aliphatic heterocycles. The van der Waals surface area contributed by atoms with Gasteiger partial charge in [0.25, 0.3) is 5.91 Å². The second-order valence-electron chi connectivity index (χ2n) is 7.35. The highest BCUT2D eigenvalue weighted by Crippen LogP contribution is 2.24. The van der Waals surface area contributed by atoms with Crippen molar-refractivity contribution in [3.05, 3.63) is 40.5 Å². The van der Waals surface area contributed by atoms with Crippen molar-refractivity contribution in [2.24, 2.45) is 5.73 Å². The van der Waals surface area contributed by atoms with E-state index in [1.54, 1.807) is 6.20 Å². The lowest BCUT2D eigenvalue weighted by Gasteiger charge is -2.30. The zero-order valence-corrected chi connectivity index (χ0v) is 17.8. The van der Waals surface area contributed by atoms with E-state index in [-0.39, 0.29) is 11.9 Å². The minimum absolute atomic E-state index is 0.00308. The third kappa shape index (κ3) is 5.04. The number of nitrogens with two attached hydrogens (primary N) is 1. The van der Waals surface area contributed by atoms with Gasteiger partial charge in [-0.25, -0.2) is 4.98 Å². The number of nitrogens with one attached hydrogen (secondary N) is 1. The standard InChI is InChI=1S/C20H25BrN6O2/c21-15-10-14(19(28)26-6-8-29-9-7-26)11-17(12-15)24-18-3-4-23-20(25-18)27-5-1-2-16(22)13-27/h3-4,10-12,16H,1-2,5-9,13,22H2,(H,23,24,25). The Balaban J connectivity index is 1.51. The maximum Gasteiger partial charge on any atom is 0.254 e. The van der Waals surface area contributed by atoms with Crippen LogP contribution in [0.4, 0.5) is 17.5 Å². The van der Waals surface area contributed by atoms with Crippen LogP contribution >= 0.6 is 15.9 Å². The molecule has 1 unspecified atom stereocenters. The molecule has 0 radical (unpaired) electrons. The van der Waals surface area contributed by atoms with Crippen LogP contribution in [0, 0.1) is 0 Å². The van der Waals surface area contributed by atoms with Gasteiger partial charge in [0.2, 0.25) is 5.95 Å². The lowest BCUT2D eigenvalue weighted by molar-refractivity contribution is 0.0303. The summed E-state index contributed by atoms with van der Waals surface area (Å²) in [5.74, 6) is 1.35. The maximum absolute atomic E-state index is 12.8. The number of halogens is 1. The molecule has 1 aromatic heterocycles. The minimum atomic E-state index is 0.00308. The van der Waals surface area contributed by atoms with Crippen LogP contribution in [0.5, 0.6) is 0 Å². The van der Waals surface area contributed by atoms with Crippen molar-refractivity contribution in [3.63, 3.8) is 0 Å². The summed E-state index contributed by atoms with van der Waals surface area (Å²) in [6.07, 6.45) is 3.82. The smallest absolute Gasteiger partial charge is 0.254 e. The Labute approximate surface area is 178 Å². The van der Waals surface area contributed by atoms with E-state index in [2.05, 4.69) is 36.1 Å². The van der Waals surface area contributed by atoms with Crippen molar-refractivity contribution < 1.29 is 9.53 Å². The van der Waals surface area contributed by atoms with Crippen LogP contribution in [0.15, 0.2) is 34.9 Å². The van der Waals surface area contributed by atoms with Crippen LogP contribution < -0.4 is 16.0 Å². The van der Waals surface area contributed by atoms with E-state index < -0.39 is 0 Å². The molecular weight excluding hydrogens is 436 g/mol. The average Bonchev–Trinajstić information content (AvgIpc) is 2.73. The van der Waals surface area contributed by atoms with Crippen LogP contribution in [-0.2, 0) is 4.74 Å². The second-order valence-corrected chi connectivity index (χ2v) is 8.26. The summed E-state index contributed by atoms with van der Waals surface area (Å²) in [4.78, 5) is 25.8. The number of nitrogens with zero attached hydrogens (tertiary/aromatic N) is 4. The maximum atomic E-state index is 12.8. The van der Waals surface area contributed by atoms with E-state index in [4.69, 9.17) is 10.5 Å². The fourth-order valence-electron chi connectivity index (χ4n) is 3.64. The summed E-state index contributed by atoms with van der Waals surface area (Å²) >= 11 is 3.51. The van der Waals surface area contributed by atoms with E-state index in [1.807, 2.05) is 29.2 Å². The number of carbonyl (C=O) groups is 1. The quantitative estimate of drug-likeness (QED) is 0.722. The van der Waals surface area contributed by atoms with Gasteiger partial charge in [-0.05, 0) is 37.1 Å². The Kier molecular flexibility index (Phi) is 6.27. The molecule has 0 saturated carbocycles. The Morgan fingerprint density at radius 3 is 2.86 bits per heavy atom. The molecule has 1 atom stereocenters. The molecule has 0 bridgehead atoms. The molecule has 9 heteroatoms. The molecule has 2 aromatic rings. The van der Waals surface area contributed by atoms with E-state index in [9.17, 15) is 4.79 Å². The normalized spacial score (nSPS) is 19.9. The van der Waals surface area contributed by atoms with Crippen LogP contribution in [0.2, 0.25) is 0 Å². The molecule has 2 aliphatic rings. The van der Waals surface area contributed by atoms with E-state index >= 15 is 0 Å². The molecule has 1 aromatic carbocycles. The number of rotatable bonds is 4. The van der Waals surface area contributed by atoms with Gasteiger partial charge in [0.05, 0.1) is 13.2 Å². The van der Waals surface area contributed by atoms with E-state index in [1.165, 1.54) is 0 Å². The van der Waals surface area contributed by atoms with Crippen molar-refractivity contribution >= 4 is 39.3 Å². The molecule has 8 nitrogen and oxygen atoms in total. The Morgan fingerprint density at radius 1 is 1.24 bits per heavy atom. The molecule has 4 rings (SSSR count). The summed E-state index contributed by atoms with van der Waals surface area (Å²) < 4.78 is 6.17. The van der Waals surface area contributed by atoms with Gasteiger partial charge in [0.1, 0.15) is 5.82 Å². The van der Waals surface area contributed by atoms with Crippen molar-refractivity contribution in [1.29, 1.82) is 0 Å². The first-order chi connectivity index (χ1) is 14.1. The summed E-state index contributed by atoms with van der Waals surface area (Å²) in [7, 11) is 0. The number of piperidine rings is 1. The number of benzene rings is 1. The molecule has 0 aliphatic carbocycles. The average molecular weight is 461 g/mol. The lowest BCUT2D eigenvalue weighted by atomic mass is 10.1. The highest BCUT2D eigenvalue weighted by molar-refractivity contribution is 9.10. The molecule has 154 valence electrons. The van der Waals surface area contributed by atoms with Crippen LogP contribution in [-0.4, -0.2) is 66.2 Å². The van der Waals surface area contributed by atoms with Gasteiger partial charge in [0, 0.05) is 54.1 Å². The van der Waals surface area contributed by atoms with Gasteiger partial charge >= 0.3 is 0 Å². The number of hydrogen-bond acceptors (Lipinski definition) is 7. The van der Waals surface area contributed by atoms with Gasteiger partial charge < -0.3 is 25.6 Å². The van der Waals surface area contributed by atoms with Gasteiger partial charge in [0.15, 0.2) is 0 Å². The first kappa shape index (κ1) is 20.1. The van der Waals surface area contributed by atoms with Crippen LogP contribution in [0.25, 0.3) is 0 Å². The number of morpholine rings is 1. The Bertz CT molecular complexity index is 874. The molecule has 1 amide bonds. The minimum Gasteiger partial charge on any atom is -0.378 e. The number of aromatic nitrogens is 2. The molecule has 2 fully saturated rings. The number of amides is 1. The molecule has 3 N–H and O–H groups in total. The molecular formula is C20H25BrN6O2. The predicted molar refractivity (Wildman–Crippen MR) is 116 cm³/mol. The Morgan fingerprint density at radius 2 is 2.07 bits per heavy atom. The number of carbonyl (C=O) groups excluding carboxylic acids is 1. The van der Waals surface area contributed by atoms with Gasteiger partial charge in [-0.1, -0.05) is 15.9 Å². The molecule has 0 spiro atoms. The topological polar surface area (TPSA) is 96.6 Å². The van der Waals surface area contributed by atoms with Crippen LogP contribution in [0.1, 0.15) is 23.2 Å². The summed E-state index contributed by atoms with van der Waals surface area (Å²) in [5.41, 5.74) is 7.50. The van der Waals surface area contributed by atoms with Crippen molar-refractivity contribution in [1.82, 2.24) is 14.9 Å². The Hall–Kier alpha value is -2.23. The first-order valence-electron chi connectivity index (χ1n) is 9.87. The van der Waals surface area contributed by atoms with E-state index in [0.717, 1.165) is 36.1 Å². The summed E-state index contributed by atoms with van der Waals surface area (Å²) in [5, 5.41) is 3.30. The number of anilines is 3. The molecule has 3 heterocycles. The van der Waals surface area contributed by atoms with Gasteiger partial charge in [-0.15, -0.1) is 0 Å². The second kappa shape index (κ2) is 9.06. The monoisotopic (exact) mass is 460 g/mol. The van der Waals surface area contributed by atoms with Crippen molar-refractivity contribution in [3.8, 4) is 0 Å². The van der Waals surface area contributed by atoms with Crippen molar-refractivity contribution in [2.75, 3.05) is 49.6 Å². The number of hydrogen-bond donors (Lipinski definition) is 2. The largest absolute Gasteiger partial charge is 0.378 e. The highest BCUT2D eigenvalue weighted by atomic mass is 79.9. The van der Waals surface area contributed by atoms with Gasteiger partial charge in [-0.2, -0.15) is 4.98 Å². The summed E-state index contributed by atoms with van der Waals surface area (Å²) in [6, 6.07) is 7.58. The molecule has 2 saturated heterocycles. The zero-order chi connectivity index (χ0) is 20.2. The fourth-order valence-corrected chi connectivity index (χ4v) is 4.14. The lowest BCUT2D eigenvalue weighted by Crippen LogP contribution is -2.43. The van der Waals surface area contributed by atoms with Crippen LogP contribution in [0.3, 0.4) is 0 Å². The third-order valence-electron chi connectivity index (χ3n) is 5.10. The van der Waals surface area contributed by atoms with Gasteiger partial charge in [-0.3, -0.25) is 4.79 Å². The predicted octanol–water partition coefficient (Wildman–Crippen LogP) is 2.38. The fraction of sp³-hybridized carbons (Fsp3) is 0.450. The van der Waals surface area contributed by atoms with Crippen molar-refractivity contribution in [2.45, 2.75) is 18.9 Å². The third-order valence-corrected chi connectivity index (χ3v) is 5.56. The summed E-state index contributed by atoms with van der Waals surface area (Å²) in [6.45, 7) is 4.05. The zero-order valence-electron chi connectivity index (χ0n) is 16.2.